The van der Waals surface area contributed by atoms with Crippen LogP contribution in [0.1, 0.15) is 29.4 Å². The number of aromatic nitrogens is 1. The standard InChI is InChI=1S/C21H21NO8/c1-27-10-13-8-17(23)19(25)20(30-13)14(9-18(24)29-3)15-6-11-4-5-12(28-2)7-16(11)22-21(15)26/h4-8,14,25H,9-10H2,1-3H3,(H,22,26)/t14-/m0/s1. The SMILES string of the molecule is COCc1cc(=O)c(O)c([C@@H](CC(=O)OC)c2cc3ccc(OC)cc3[nH]c2=O)o1. The van der Waals surface area contributed by atoms with Crippen molar-refractivity contribution in [2.75, 3.05) is 21.3 Å². The normalized spacial score (nSPS) is 12.0. The lowest BCUT2D eigenvalue weighted by Crippen LogP contribution is -2.21. The van der Waals surface area contributed by atoms with Gasteiger partial charge in [0.1, 0.15) is 18.1 Å². The maximum Gasteiger partial charge on any atom is 0.306 e. The van der Waals surface area contributed by atoms with Crippen molar-refractivity contribution in [2.24, 2.45) is 0 Å². The first kappa shape index (κ1) is 21.1. The van der Waals surface area contributed by atoms with Gasteiger partial charge in [-0.1, -0.05) is 0 Å². The van der Waals surface area contributed by atoms with Crippen LogP contribution in [-0.4, -0.2) is 37.4 Å². The summed E-state index contributed by atoms with van der Waals surface area (Å²) >= 11 is 0. The van der Waals surface area contributed by atoms with E-state index in [9.17, 15) is 19.5 Å². The van der Waals surface area contributed by atoms with Gasteiger partial charge < -0.3 is 28.7 Å². The molecular formula is C21H21NO8. The van der Waals surface area contributed by atoms with Crippen LogP contribution in [0.25, 0.3) is 10.9 Å². The van der Waals surface area contributed by atoms with Crippen LogP contribution in [0.15, 0.2) is 44.3 Å². The van der Waals surface area contributed by atoms with Crippen LogP contribution >= 0.6 is 0 Å². The molecule has 158 valence electrons. The molecule has 0 saturated carbocycles. The van der Waals surface area contributed by atoms with Crippen LogP contribution in [0.2, 0.25) is 0 Å². The van der Waals surface area contributed by atoms with Gasteiger partial charge in [0.2, 0.25) is 11.2 Å². The lowest BCUT2D eigenvalue weighted by atomic mass is 9.92. The Morgan fingerprint density at radius 1 is 1.17 bits per heavy atom. The summed E-state index contributed by atoms with van der Waals surface area (Å²) in [6.07, 6.45) is -0.325. The molecule has 0 bridgehead atoms. The molecule has 3 rings (SSSR count). The van der Waals surface area contributed by atoms with Gasteiger partial charge in [0.05, 0.1) is 32.1 Å². The fourth-order valence-corrected chi connectivity index (χ4v) is 3.18. The van der Waals surface area contributed by atoms with E-state index in [0.29, 0.717) is 16.7 Å². The number of H-pyrrole nitrogens is 1. The first-order valence-electron chi connectivity index (χ1n) is 9.00. The minimum atomic E-state index is -1.06. The van der Waals surface area contributed by atoms with Gasteiger partial charge in [0.15, 0.2) is 5.76 Å². The third-order valence-corrected chi connectivity index (χ3v) is 4.66. The average molecular weight is 415 g/mol. The Balaban J connectivity index is 2.23. The van der Waals surface area contributed by atoms with Gasteiger partial charge in [-0.3, -0.25) is 14.4 Å². The molecular weight excluding hydrogens is 394 g/mol. The fourth-order valence-electron chi connectivity index (χ4n) is 3.18. The number of ether oxygens (including phenoxy) is 3. The number of carbonyl (C=O) groups excluding carboxylic acids is 1. The van der Waals surface area contributed by atoms with E-state index < -0.39 is 28.6 Å². The van der Waals surface area contributed by atoms with Gasteiger partial charge in [0.25, 0.3) is 5.56 Å². The Morgan fingerprint density at radius 3 is 2.60 bits per heavy atom. The Hall–Kier alpha value is -3.59. The lowest BCUT2D eigenvalue weighted by molar-refractivity contribution is -0.140. The molecule has 3 aromatic rings. The first-order valence-corrected chi connectivity index (χ1v) is 9.00. The summed E-state index contributed by atoms with van der Waals surface area (Å²) < 4.78 is 20.5. The van der Waals surface area contributed by atoms with E-state index in [4.69, 9.17) is 18.6 Å². The highest BCUT2D eigenvalue weighted by Gasteiger charge is 2.29. The third kappa shape index (κ3) is 4.20. The molecule has 9 nitrogen and oxygen atoms in total. The van der Waals surface area contributed by atoms with Crippen LogP contribution in [0.3, 0.4) is 0 Å². The van der Waals surface area contributed by atoms with E-state index in [0.717, 1.165) is 6.07 Å². The number of rotatable bonds is 7. The largest absolute Gasteiger partial charge is 0.502 e. The predicted molar refractivity (Wildman–Crippen MR) is 107 cm³/mol. The second kappa shape index (κ2) is 8.83. The third-order valence-electron chi connectivity index (χ3n) is 4.66. The molecule has 1 atom stereocenters. The number of esters is 1. The summed E-state index contributed by atoms with van der Waals surface area (Å²) in [6, 6.07) is 7.78. The van der Waals surface area contributed by atoms with Crippen LogP contribution in [0, 0.1) is 0 Å². The number of carbonyl (C=O) groups is 1. The number of hydrogen-bond acceptors (Lipinski definition) is 8. The molecule has 0 aliphatic rings. The average Bonchev–Trinajstić information content (AvgIpc) is 2.73. The molecule has 0 aliphatic heterocycles. The Labute approximate surface area is 170 Å². The van der Waals surface area contributed by atoms with Crippen molar-refractivity contribution in [3.63, 3.8) is 0 Å². The number of aromatic amines is 1. The van der Waals surface area contributed by atoms with Crippen LogP contribution in [0.5, 0.6) is 11.5 Å². The second-order valence-corrected chi connectivity index (χ2v) is 6.56. The summed E-state index contributed by atoms with van der Waals surface area (Å²) in [6.45, 7) is -0.0265. The summed E-state index contributed by atoms with van der Waals surface area (Å²) in [5, 5.41) is 11.0. The van der Waals surface area contributed by atoms with Crippen LogP contribution < -0.4 is 15.7 Å². The second-order valence-electron chi connectivity index (χ2n) is 6.56. The quantitative estimate of drug-likeness (QED) is 0.561. The van der Waals surface area contributed by atoms with E-state index in [1.807, 2.05) is 0 Å². The number of nitrogens with one attached hydrogen (secondary N) is 1. The van der Waals surface area contributed by atoms with E-state index in [-0.39, 0.29) is 30.1 Å². The molecule has 9 heteroatoms. The van der Waals surface area contributed by atoms with E-state index in [1.54, 1.807) is 24.3 Å². The summed E-state index contributed by atoms with van der Waals surface area (Å²) in [7, 11) is 4.13. The van der Waals surface area contributed by atoms with E-state index >= 15 is 0 Å². The van der Waals surface area contributed by atoms with E-state index in [1.165, 1.54) is 21.3 Å². The maximum atomic E-state index is 12.8. The van der Waals surface area contributed by atoms with Crippen molar-refractivity contribution in [1.82, 2.24) is 4.98 Å². The number of aromatic hydroxyl groups is 1. The van der Waals surface area contributed by atoms with Crippen molar-refractivity contribution in [3.8, 4) is 11.5 Å². The van der Waals surface area contributed by atoms with Gasteiger partial charge in [-0.2, -0.15) is 0 Å². The van der Waals surface area contributed by atoms with Gasteiger partial charge in [0, 0.05) is 24.8 Å². The zero-order valence-corrected chi connectivity index (χ0v) is 16.7. The molecule has 0 saturated heterocycles. The van der Waals surface area contributed by atoms with Crippen molar-refractivity contribution in [2.45, 2.75) is 18.9 Å². The number of hydrogen-bond donors (Lipinski definition) is 2. The number of pyridine rings is 1. The molecule has 2 heterocycles. The van der Waals surface area contributed by atoms with Crippen molar-refractivity contribution in [3.05, 3.63) is 68.0 Å². The molecule has 0 amide bonds. The predicted octanol–water partition coefficient (Wildman–Crippen LogP) is 2.04. The first-order chi connectivity index (χ1) is 14.4. The van der Waals surface area contributed by atoms with Crippen LogP contribution in [0.4, 0.5) is 0 Å². The highest BCUT2D eigenvalue weighted by molar-refractivity contribution is 5.81. The van der Waals surface area contributed by atoms with Gasteiger partial charge in [-0.05, 0) is 23.6 Å². The van der Waals surface area contributed by atoms with Gasteiger partial charge in [-0.25, -0.2) is 0 Å². The molecule has 0 radical (unpaired) electrons. The van der Waals surface area contributed by atoms with Gasteiger partial charge >= 0.3 is 5.97 Å². The van der Waals surface area contributed by atoms with Gasteiger partial charge in [-0.15, -0.1) is 0 Å². The molecule has 0 spiro atoms. The topological polar surface area (TPSA) is 128 Å². The molecule has 30 heavy (non-hydrogen) atoms. The smallest absolute Gasteiger partial charge is 0.306 e. The molecule has 2 N–H and O–H groups in total. The highest BCUT2D eigenvalue weighted by atomic mass is 16.5. The highest BCUT2D eigenvalue weighted by Crippen LogP contribution is 2.33. The molecule has 2 aromatic heterocycles. The van der Waals surface area contributed by atoms with Crippen molar-refractivity contribution in [1.29, 1.82) is 0 Å². The maximum absolute atomic E-state index is 12.8. The van der Waals surface area contributed by atoms with Crippen molar-refractivity contribution < 1.29 is 28.5 Å². The summed E-state index contributed by atoms with van der Waals surface area (Å²) in [5.74, 6) is -1.89. The fraction of sp³-hybridized carbons (Fsp3) is 0.286. The number of benzene rings is 1. The molecule has 1 aromatic carbocycles. The molecule has 0 unspecified atom stereocenters. The number of fused-ring (bicyclic) bond motifs is 1. The number of methoxy groups -OCH3 is 3. The Morgan fingerprint density at radius 2 is 1.93 bits per heavy atom. The Kier molecular flexibility index (Phi) is 6.22. The summed E-state index contributed by atoms with van der Waals surface area (Å²) in [5.41, 5.74) is -0.561. The minimum absolute atomic E-state index is 0.0265. The molecule has 0 aliphatic carbocycles. The van der Waals surface area contributed by atoms with Crippen molar-refractivity contribution >= 4 is 16.9 Å². The zero-order chi connectivity index (χ0) is 21.8. The monoisotopic (exact) mass is 415 g/mol. The van der Waals surface area contributed by atoms with Crippen LogP contribution in [-0.2, 0) is 20.9 Å². The zero-order valence-electron chi connectivity index (χ0n) is 16.7. The minimum Gasteiger partial charge on any atom is -0.502 e. The Bertz CT molecular complexity index is 1190. The lowest BCUT2D eigenvalue weighted by Gasteiger charge is -2.17. The summed E-state index contributed by atoms with van der Waals surface area (Å²) in [4.78, 5) is 39.9. The molecule has 0 fully saturated rings. The van der Waals surface area contributed by atoms with E-state index in [2.05, 4.69) is 4.98 Å².